The average Bonchev–Trinajstić information content (AvgIpc) is 2.79. The topological polar surface area (TPSA) is 167 Å². The normalized spacial score (nSPS) is 11.0. The molecule has 3 aromatic rings. The van der Waals surface area contributed by atoms with Crippen LogP contribution < -0.4 is 4.74 Å². The summed E-state index contributed by atoms with van der Waals surface area (Å²) in [6.45, 7) is 2.88. The first-order valence-electron chi connectivity index (χ1n) is 9.61. The van der Waals surface area contributed by atoms with E-state index in [0.29, 0.717) is 10.8 Å². The molecule has 3 aromatic carbocycles. The number of ether oxygens (including phenoxy) is 2. The van der Waals surface area contributed by atoms with Crippen molar-refractivity contribution >= 4 is 39.5 Å². The van der Waals surface area contributed by atoms with Crippen molar-refractivity contribution in [3.8, 4) is 11.5 Å². The Kier molecular flexibility index (Phi) is 6.77. The van der Waals surface area contributed by atoms with E-state index in [9.17, 15) is 30.1 Å². The van der Waals surface area contributed by atoms with Gasteiger partial charge in [0.1, 0.15) is 11.4 Å². The molecule has 0 atom stereocenters. The zero-order valence-corrected chi connectivity index (χ0v) is 17.5. The molecule has 0 bridgehead atoms. The summed E-state index contributed by atoms with van der Waals surface area (Å²) >= 11 is 0. The second-order valence-corrected chi connectivity index (χ2v) is 6.68. The first kappa shape index (κ1) is 23.1. The van der Waals surface area contributed by atoms with Crippen molar-refractivity contribution in [2.45, 2.75) is 13.8 Å². The molecule has 33 heavy (non-hydrogen) atoms. The van der Waals surface area contributed by atoms with Crippen LogP contribution in [0.2, 0.25) is 0 Å². The minimum Gasteiger partial charge on any atom is -0.507 e. The van der Waals surface area contributed by atoms with Crippen molar-refractivity contribution in [3.05, 3.63) is 68.3 Å². The number of aromatic hydroxyl groups is 1. The number of hydrogen-bond donors (Lipinski definition) is 1. The van der Waals surface area contributed by atoms with Crippen LogP contribution >= 0.6 is 0 Å². The molecule has 0 radical (unpaired) electrons. The highest BCUT2D eigenvalue weighted by molar-refractivity contribution is 6.01. The third-order valence-electron chi connectivity index (χ3n) is 4.61. The van der Waals surface area contributed by atoms with Crippen LogP contribution in [0, 0.1) is 27.2 Å². The molecule has 0 heterocycles. The van der Waals surface area contributed by atoms with E-state index in [1.807, 2.05) is 0 Å². The third kappa shape index (κ3) is 4.84. The lowest BCUT2D eigenvalue weighted by Gasteiger charge is -2.15. The summed E-state index contributed by atoms with van der Waals surface area (Å²) < 4.78 is 10.4. The van der Waals surface area contributed by atoms with Crippen LogP contribution in [0.1, 0.15) is 12.5 Å². The standard InChI is InChI=1S/C21H18N4O8/c1-3-32-18(26)11-33-21-12(2)20(27)15-7-5-4-6-14(15)19(21)23-22-16-9-8-13(24(28)29)10-17(16)25(30)31/h4-10,27H,3,11H2,1-2H3. The monoisotopic (exact) mass is 454 g/mol. The van der Waals surface area contributed by atoms with Crippen molar-refractivity contribution < 1.29 is 29.2 Å². The van der Waals surface area contributed by atoms with E-state index in [1.165, 1.54) is 0 Å². The fourth-order valence-corrected chi connectivity index (χ4v) is 3.08. The molecule has 0 saturated carbocycles. The molecule has 0 unspecified atom stereocenters. The lowest BCUT2D eigenvalue weighted by molar-refractivity contribution is -0.393. The summed E-state index contributed by atoms with van der Waals surface area (Å²) in [6.07, 6.45) is 0. The molecule has 0 aliphatic rings. The number of carbonyl (C=O) groups excluding carboxylic acids is 1. The molecular weight excluding hydrogens is 436 g/mol. The van der Waals surface area contributed by atoms with Crippen LogP contribution in [0.4, 0.5) is 22.7 Å². The molecule has 0 saturated heterocycles. The van der Waals surface area contributed by atoms with Gasteiger partial charge in [0, 0.05) is 22.4 Å². The highest BCUT2D eigenvalue weighted by Gasteiger charge is 2.22. The Hall–Kier alpha value is -4.61. The van der Waals surface area contributed by atoms with Crippen LogP contribution in [0.5, 0.6) is 11.5 Å². The molecule has 0 aliphatic heterocycles. The Bertz CT molecular complexity index is 1290. The number of non-ortho nitro benzene ring substituents is 1. The quantitative estimate of drug-likeness (QED) is 0.214. The lowest BCUT2D eigenvalue weighted by atomic mass is 10.0. The zero-order valence-electron chi connectivity index (χ0n) is 17.5. The van der Waals surface area contributed by atoms with Crippen LogP contribution in [0.25, 0.3) is 10.8 Å². The average molecular weight is 454 g/mol. The molecule has 0 amide bonds. The first-order valence-corrected chi connectivity index (χ1v) is 9.61. The Morgan fingerprint density at radius 2 is 1.76 bits per heavy atom. The number of nitro groups is 2. The van der Waals surface area contributed by atoms with Crippen molar-refractivity contribution in [1.29, 1.82) is 0 Å². The number of benzene rings is 3. The Morgan fingerprint density at radius 3 is 2.39 bits per heavy atom. The largest absolute Gasteiger partial charge is 0.507 e. The van der Waals surface area contributed by atoms with Gasteiger partial charge in [-0.05, 0) is 19.9 Å². The summed E-state index contributed by atoms with van der Waals surface area (Å²) in [7, 11) is 0. The Balaban J connectivity index is 2.15. The van der Waals surface area contributed by atoms with Gasteiger partial charge in [0.2, 0.25) is 0 Å². The highest BCUT2D eigenvalue weighted by Crippen LogP contribution is 2.46. The number of nitro benzene ring substituents is 2. The number of nitrogens with zero attached hydrogens (tertiary/aromatic N) is 4. The van der Waals surface area contributed by atoms with Crippen LogP contribution in [0.3, 0.4) is 0 Å². The fourth-order valence-electron chi connectivity index (χ4n) is 3.08. The zero-order chi connectivity index (χ0) is 24.1. The van der Waals surface area contributed by atoms with Crippen LogP contribution in [-0.4, -0.2) is 34.1 Å². The highest BCUT2D eigenvalue weighted by atomic mass is 16.6. The number of phenols is 1. The van der Waals surface area contributed by atoms with E-state index in [0.717, 1.165) is 18.2 Å². The Labute approximate surface area is 186 Å². The van der Waals surface area contributed by atoms with E-state index in [-0.39, 0.29) is 35.0 Å². The van der Waals surface area contributed by atoms with Gasteiger partial charge in [-0.1, -0.05) is 24.3 Å². The maximum Gasteiger partial charge on any atom is 0.344 e. The SMILES string of the molecule is CCOC(=O)COc1c(C)c(O)c2ccccc2c1N=Nc1ccc([N+](=O)[O-])cc1[N+](=O)[O-]. The van der Waals surface area contributed by atoms with E-state index < -0.39 is 33.8 Å². The Morgan fingerprint density at radius 1 is 1.06 bits per heavy atom. The number of carbonyl (C=O) groups is 1. The van der Waals surface area contributed by atoms with E-state index in [2.05, 4.69) is 10.2 Å². The number of fused-ring (bicyclic) bond motifs is 1. The van der Waals surface area contributed by atoms with Gasteiger partial charge in [-0.15, -0.1) is 10.2 Å². The van der Waals surface area contributed by atoms with Crippen molar-refractivity contribution in [1.82, 2.24) is 0 Å². The van der Waals surface area contributed by atoms with Crippen LogP contribution in [0.15, 0.2) is 52.7 Å². The molecule has 0 aromatic heterocycles. The predicted molar refractivity (Wildman–Crippen MR) is 116 cm³/mol. The molecule has 0 fully saturated rings. The minimum atomic E-state index is -0.806. The summed E-state index contributed by atoms with van der Waals surface area (Å²) in [4.78, 5) is 32.6. The maximum atomic E-state index is 11.8. The molecule has 12 heteroatoms. The molecule has 3 rings (SSSR count). The number of phenolic OH excluding ortho intramolecular Hbond substituents is 1. The van der Waals surface area contributed by atoms with E-state index in [1.54, 1.807) is 38.1 Å². The van der Waals surface area contributed by atoms with Gasteiger partial charge < -0.3 is 14.6 Å². The molecule has 170 valence electrons. The molecular formula is C21H18N4O8. The van der Waals surface area contributed by atoms with Crippen LogP contribution in [-0.2, 0) is 9.53 Å². The van der Waals surface area contributed by atoms with Crippen molar-refractivity contribution in [2.24, 2.45) is 10.2 Å². The minimum absolute atomic E-state index is 0.0348. The smallest absolute Gasteiger partial charge is 0.344 e. The van der Waals surface area contributed by atoms with Crippen molar-refractivity contribution in [2.75, 3.05) is 13.2 Å². The summed E-state index contributed by atoms with van der Waals surface area (Å²) in [6, 6.07) is 9.60. The predicted octanol–water partition coefficient (Wildman–Crippen LogP) is 5.03. The number of rotatable bonds is 8. The summed E-state index contributed by atoms with van der Waals surface area (Å²) in [5, 5.41) is 41.8. The number of esters is 1. The number of hydrogen-bond acceptors (Lipinski definition) is 10. The van der Waals surface area contributed by atoms with Gasteiger partial charge in [-0.3, -0.25) is 20.2 Å². The third-order valence-corrected chi connectivity index (χ3v) is 4.61. The van der Waals surface area contributed by atoms with Gasteiger partial charge in [-0.2, -0.15) is 0 Å². The second-order valence-electron chi connectivity index (χ2n) is 6.68. The second kappa shape index (κ2) is 9.68. The summed E-state index contributed by atoms with van der Waals surface area (Å²) in [5.74, 6) is -0.698. The van der Waals surface area contributed by atoms with E-state index >= 15 is 0 Å². The van der Waals surface area contributed by atoms with Gasteiger partial charge in [0.05, 0.1) is 22.5 Å². The van der Waals surface area contributed by atoms with Crippen molar-refractivity contribution in [3.63, 3.8) is 0 Å². The molecule has 0 spiro atoms. The van der Waals surface area contributed by atoms with E-state index in [4.69, 9.17) is 9.47 Å². The first-order chi connectivity index (χ1) is 15.7. The van der Waals surface area contributed by atoms with Gasteiger partial charge in [0.25, 0.3) is 5.69 Å². The summed E-state index contributed by atoms with van der Waals surface area (Å²) in [5.41, 5.74) is -0.925. The van der Waals surface area contributed by atoms with Gasteiger partial charge >= 0.3 is 11.7 Å². The molecule has 0 aliphatic carbocycles. The number of azo groups is 1. The van der Waals surface area contributed by atoms with Gasteiger partial charge in [-0.25, -0.2) is 4.79 Å². The molecule has 12 nitrogen and oxygen atoms in total. The van der Waals surface area contributed by atoms with Gasteiger partial charge in [0.15, 0.2) is 18.0 Å². The fraction of sp³-hybridized carbons (Fsp3) is 0.190. The lowest BCUT2D eigenvalue weighted by Crippen LogP contribution is -2.15. The maximum absolute atomic E-state index is 11.8. The molecule has 1 N–H and O–H groups in total.